The average molecular weight is 353 g/mol. The summed E-state index contributed by atoms with van der Waals surface area (Å²) < 4.78 is 27.5. The highest BCUT2D eigenvalue weighted by Crippen LogP contribution is 2.23. The zero-order chi connectivity index (χ0) is 18.5. The van der Waals surface area contributed by atoms with E-state index in [0.29, 0.717) is 17.8 Å². The summed E-state index contributed by atoms with van der Waals surface area (Å²) >= 11 is 0. The van der Waals surface area contributed by atoms with Gasteiger partial charge in [-0.3, -0.25) is 9.78 Å². The maximum atomic E-state index is 13.8. The van der Waals surface area contributed by atoms with Crippen LogP contribution in [0.15, 0.2) is 67.0 Å². The van der Waals surface area contributed by atoms with Gasteiger partial charge in [-0.2, -0.15) is 0 Å². The minimum atomic E-state index is -0.720. The van der Waals surface area contributed by atoms with Crippen molar-refractivity contribution in [2.75, 3.05) is 12.4 Å². The number of para-hydroxylation sites is 1. The summed E-state index contributed by atoms with van der Waals surface area (Å²) in [7, 11) is 1.69. The number of hydrogen-bond acceptors (Lipinski definition) is 3. The van der Waals surface area contributed by atoms with Crippen molar-refractivity contribution in [1.82, 2.24) is 9.88 Å². The number of anilines is 2. The Morgan fingerprint density at radius 1 is 1.04 bits per heavy atom. The molecule has 0 fully saturated rings. The van der Waals surface area contributed by atoms with E-state index in [4.69, 9.17) is 0 Å². The first-order chi connectivity index (χ1) is 12.5. The zero-order valence-corrected chi connectivity index (χ0v) is 14.1. The van der Waals surface area contributed by atoms with Crippen molar-refractivity contribution in [2.45, 2.75) is 6.54 Å². The second-order valence-electron chi connectivity index (χ2n) is 5.83. The van der Waals surface area contributed by atoms with E-state index >= 15 is 0 Å². The largest absolute Gasteiger partial charge is 0.349 e. The van der Waals surface area contributed by atoms with Gasteiger partial charge in [-0.05, 0) is 23.8 Å². The van der Waals surface area contributed by atoms with Gasteiger partial charge >= 0.3 is 0 Å². The van der Waals surface area contributed by atoms with Crippen LogP contribution in [-0.2, 0) is 6.54 Å². The minimum absolute atomic E-state index is 0.237. The lowest BCUT2D eigenvalue weighted by Gasteiger charge is -2.18. The molecule has 0 bridgehead atoms. The number of hydrogen-bond donors (Lipinski definition) is 1. The van der Waals surface area contributed by atoms with Crippen molar-refractivity contribution in [3.8, 4) is 0 Å². The van der Waals surface area contributed by atoms with Gasteiger partial charge in [0, 0.05) is 19.8 Å². The van der Waals surface area contributed by atoms with E-state index < -0.39 is 11.6 Å². The fourth-order valence-electron chi connectivity index (χ4n) is 2.54. The lowest BCUT2D eigenvalue weighted by molar-refractivity contribution is 0.0784. The fourth-order valence-corrected chi connectivity index (χ4v) is 2.54. The molecular formula is C20H17F2N3O. The van der Waals surface area contributed by atoms with E-state index in [0.717, 1.165) is 17.7 Å². The number of amides is 1. The highest BCUT2D eigenvalue weighted by molar-refractivity contribution is 5.94. The molecule has 3 rings (SSSR count). The smallest absolute Gasteiger partial charge is 0.255 e. The van der Waals surface area contributed by atoms with Gasteiger partial charge in [0.1, 0.15) is 17.3 Å². The molecule has 0 unspecified atom stereocenters. The topological polar surface area (TPSA) is 45.2 Å². The number of halogens is 2. The first-order valence-corrected chi connectivity index (χ1v) is 8.00. The number of aromatic nitrogens is 1. The third-order valence-corrected chi connectivity index (χ3v) is 3.83. The lowest BCUT2D eigenvalue weighted by Crippen LogP contribution is -2.26. The van der Waals surface area contributed by atoms with E-state index in [1.54, 1.807) is 11.9 Å². The maximum Gasteiger partial charge on any atom is 0.255 e. The Bertz CT molecular complexity index is 896. The van der Waals surface area contributed by atoms with Crippen molar-refractivity contribution in [2.24, 2.45) is 0 Å². The first-order valence-electron chi connectivity index (χ1n) is 8.00. The van der Waals surface area contributed by atoms with Crippen molar-refractivity contribution >= 4 is 17.3 Å². The van der Waals surface area contributed by atoms with Crippen LogP contribution in [0.2, 0.25) is 0 Å². The van der Waals surface area contributed by atoms with Gasteiger partial charge in [-0.1, -0.05) is 36.4 Å². The Kier molecular flexibility index (Phi) is 5.22. The molecule has 4 nitrogen and oxygen atoms in total. The second kappa shape index (κ2) is 7.74. The van der Waals surface area contributed by atoms with Gasteiger partial charge in [0.2, 0.25) is 0 Å². The average Bonchev–Trinajstić information content (AvgIpc) is 2.65. The van der Waals surface area contributed by atoms with Crippen molar-refractivity contribution < 1.29 is 13.6 Å². The molecule has 2 aromatic carbocycles. The summed E-state index contributed by atoms with van der Waals surface area (Å²) in [6.07, 6.45) is 2.83. The maximum absolute atomic E-state index is 13.8. The van der Waals surface area contributed by atoms with E-state index in [1.807, 2.05) is 30.3 Å². The monoisotopic (exact) mass is 353 g/mol. The van der Waals surface area contributed by atoms with Crippen LogP contribution in [0, 0.1) is 11.6 Å². The molecule has 0 atom stereocenters. The summed E-state index contributed by atoms with van der Waals surface area (Å²) in [5.41, 5.74) is 1.37. The third kappa shape index (κ3) is 4.03. The predicted octanol–water partition coefficient (Wildman–Crippen LogP) is 4.38. The lowest BCUT2D eigenvalue weighted by atomic mass is 10.2. The summed E-state index contributed by atoms with van der Waals surface area (Å²) in [6.45, 7) is 0.444. The molecule has 0 saturated heterocycles. The number of benzene rings is 2. The van der Waals surface area contributed by atoms with E-state index in [-0.39, 0.29) is 11.6 Å². The van der Waals surface area contributed by atoms with E-state index in [2.05, 4.69) is 10.3 Å². The van der Waals surface area contributed by atoms with E-state index in [1.165, 1.54) is 24.5 Å². The van der Waals surface area contributed by atoms with Crippen LogP contribution < -0.4 is 5.32 Å². The third-order valence-electron chi connectivity index (χ3n) is 3.83. The first kappa shape index (κ1) is 17.5. The molecule has 0 saturated carbocycles. The van der Waals surface area contributed by atoms with Crippen LogP contribution in [0.3, 0.4) is 0 Å². The Labute approximate surface area is 150 Å². The minimum Gasteiger partial charge on any atom is -0.349 e. The number of carbonyl (C=O) groups excluding carboxylic acids is 1. The number of rotatable bonds is 5. The van der Waals surface area contributed by atoms with Gasteiger partial charge in [0.15, 0.2) is 0 Å². The Morgan fingerprint density at radius 2 is 1.73 bits per heavy atom. The normalized spacial score (nSPS) is 10.4. The zero-order valence-electron chi connectivity index (χ0n) is 14.1. The molecule has 0 aliphatic carbocycles. The standard InChI is InChI=1S/C20H17F2N3O/c1-25(13-14-6-3-2-4-7-14)20(26)15-10-16(12-23-11-15)24-19-17(21)8-5-9-18(19)22/h2-12,24H,13H2,1H3. The van der Waals surface area contributed by atoms with Crippen molar-refractivity contribution in [3.63, 3.8) is 0 Å². The Hall–Kier alpha value is -3.28. The molecule has 1 amide bonds. The summed E-state index contributed by atoms with van der Waals surface area (Å²) in [5, 5.41) is 2.64. The highest BCUT2D eigenvalue weighted by Gasteiger charge is 2.14. The summed E-state index contributed by atoms with van der Waals surface area (Å²) in [5.74, 6) is -1.68. The quantitative estimate of drug-likeness (QED) is 0.741. The Morgan fingerprint density at radius 3 is 2.42 bits per heavy atom. The predicted molar refractivity (Wildman–Crippen MR) is 96.1 cm³/mol. The molecule has 1 N–H and O–H groups in total. The van der Waals surface area contributed by atoms with Gasteiger partial charge in [-0.25, -0.2) is 8.78 Å². The molecular weight excluding hydrogens is 336 g/mol. The summed E-state index contributed by atoms with van der Waals surface area (Å²) in [4.78, 5) is 18.1. The van der Waals surface area contributed by atoms with E-state index in [9.17, 15) is 13.6 Å². The molecule has 3 aromatic rings. The molecule has 0 radical (unpaired) electrons. The van der Waals surface area contributed by atoms with Crippen LogP contribution in [-0.4, -0.2) is 22.8 Å². The Balaban J connectivity index is 1.77. The highest BCUT2D eigenvalue weighted by atomic mass is 19.1. The molecule has 132 valence electrons. The van der Waals surface area contributed by atoms with Gasteiger partial charge < -0.3 is 10.2 Å². The van der Waals surface area contributed by atoms with Gasteiger partial charge in [-0.15, -0.1) is 0 Å². The molecule has 1 aromatic heterocycles. The van der Waals surface area contributed by atoms with Gasteiger partial charge in [0.25, 0.3) is 5.91 Å². The second-order valence-corrected chi connectivity index (χ2v) is 5.83. The molecule has 6 heteroatoms. The van der Waals surface area contributed by atoms with Crippen molar-refractivity contribution in [3.05, 3.63) is 89.8 Å². The van der Waals surface area contributed by atoms with Crippen LogP contribution in [0.1, 0.15) is 15.9 Å². The summed E-state index contributed by atoms with van der Waals surface area (Å²) in [6, 6.07) is 14.7. The number of pyridine rings is 1. The number of nitrogens with zero attached hydrogens (tertiary/aromatic N) is 2. The number of nitrogens with one attached hydrogen (secondary N) is 1. The molecule has 0 spiro atoms. The SMILES string of the molecule is CN(Cc1ccccc1)C(=O)c1cncc(Nc2c(F)cccc2F)c1. The van der Waals surface area contributed by atoms with Crippen LogP contribution in [0.5, 0.6) is 0 Å². The molecule has 26 heavy (non-hydrogen) atoms. The van der Waals surface area contributed by atoms with Gasteiger partial charge in [0.05, 0.1) is 17.4 Å². The number of carbonyl (C=O) groups is 1. The molecule has 0 aliphatic rings. The van der Waals surface area contributed by atoms with Crippen LogP contribution in [0.25, 0.3) is 0 Å². The fraction of sp³-hybridized carbons (Fsp3) is 0.100. The van der Waals surface area contributed by atoms with Crippen molar-refractivity contribution in [1.29, 1.82) is 0 Å². The van der Waals surface area contributed by atoms with Crippen LogP contribution >= 0.6 is 0 Å². The molecule has 1 heterocycles. The van der Waals surface area contributed by atoms with Crippen LogP contribution in [0.4, 0.5) is 20.2 Å². The molecule has 0 aliphatic heterocycles.